The number of nitrogens with zero attached hydrogens (tertiary/aromatic N) is 1. The van der Waals surface area contributed by atoms with Crippen LogP contribution >= 0.6 is 0 Å². The van der Waals surface area contributed by atoms with Crippen LogP contribution in [-0.2, 0) is 15.1 Å². The smallest absolute Gasteiger partial charge is 0.223 e. The van der Waals surface area contributed by atoms with Gasteiger partial charge < -0.3 is 15.2 Å². The predicted molar refractivity (Wildman–Crippen MR) is 99.3 cm³/mol. The number of morpholine rings is 1. The fraction of sp³-hybridized carbons (Fsp3) is 0.650. The van der Waals surface area contributed by atoms with Crippen molar-refractivity contribution < 1.29 is 14.6 Å². The highest BCUT2D eigenvalue weighted by atomic mass is 16.5. The maximum atomic E-state index is 12.4. The number of carbonyl (C=O) groups excluding carboxylic acids is 1. The van der Waals surface area contributed by atoms with Gasteiger partial charge in [0.2, 0.25) is 5.91 Å². The Morgan fingerprint density at radius 2 is 1.92 bits per heavy atom. The third kappa shape index (κ3) is 6.42. The molecule has 1 aromatic rings. The second-order valence-corrected chi connectivity index (χ2v) is 7.55. The van der Waals surface area contributed by atoms with Gasteiger partial charge in [-0.3, -0.25) is 9.69 Å². The lowest BCUT2D eigenvalue weighted by Crippen LogP contribution is -2.49. The highest BCUT2D eigenvalue weighted by Crippen LogP contribution is 2.24. The molecule has 1 heterocycles. The van der Waals surface area contributed by atoms with Crippen LogP contribution in [0, 0.1) is 5.92 Å². The highest BCUT2D eigenvalue weighted by molar-refractivity contribution is 5.77. The summed E-state index contributed by atoms with van der Waals surface area (Å²) in [4.78, 5) is 14.8. The minimum atomic E-state index is -1.15. The molecular formula is C20H32N2O3. The Morgan fingerprint density at radius 3 is 2.52 bits per heavy atom. The van der Waals surface area contributed by atoms with Crippen molar-refractivity contribution in [1.82, 2.24) is 10.2 Å². The quantitative estimate of drug-likeness (QED) is 0.756. The molecule has 1 amide bonds. The van der Waals surface area contributed by atoms with E-state index in [2.05, 4.69) is 24.1 Å². The monoisotopic (exact) mass is 348 g/mol. The molecule has 5 heteroatoms. The van der Waals surface area contributed by atoms with Crippen LogP contribution in [0.4, 0.5) is 0 Å². The van der Waals surface area contributed by atoms with E-state index >= 15 is 0 Å². The van der Waals surface area contributed by atoms with Crippen LogP contribution < -0.4 is 5.32 Å². The number of carbonyl (C=O) groups is 1. The first-order valence-corrected chi connectivity index (χ1v) is 9.25. The molecule has 2 rings (SSSR count). The summed E-state index contributed by atoms with van der Waals surface area (Å²) in [6.07, 6.45) is 1.10. The van der Waals surface area contributed by atoms with Crippen LogP contribution in [-0.4, -0.2) is 54.8 Å². The van der Waals surface area contributed by atoms with Crippen LogP contribution in [0.15, 0.2) is 30.3 Å². The van der Waals surface area contributed by atoms with Crippen LogP contribution in [0.1, 0.15) is 39.2 Å². The Bertz CT molecular complexity index is 525. The summed E-state index contributed by atoms with van der Waals surface area (Å²) in [6, 6.07) is 9.66. The van der Waals surface area contributed by atoms with E-state index in [1.807, 2.05) is 30.3 Å². The van der Waals surface area contributed by atoms with E-state index in [1.54, 1.807) is 6.92 Å². The van der Waals surface area contributed by atoms with Crippen molar-refractivity contribution >= 4 is 5.91 Å². The van der Waals surface area contributed by atoms with Crippen molar-refractivity contribution in [2.24, 2.45) is 5.92 Å². The topological polar surface area (TPSA) is 61.8 Å². The van der Waals surface area contributed by atoms with Crippen LogP contribution in [0.2, 0.25) is 0 Å². The summed E-state index contributed by atoms with van der Waals surface area (Å²) in [7, 11) is 0. The number of hydrogen-bond donors (Lipinski definition) is 2. The number of aliphatic hydroxyl groups is 1. The van der Waals surface area contributed by atoms with Gasteiger partial charge in [-0.25, -0.2) is 0 Å². The van der Waals surface area contributed by atoms with E-state index < -0.39 is 5.60 Å². The van der Waals surface area contributed by atoms with Gasteiger partial charge in [-0.05, 0) is 24.8 Å². The summed E-state index contributed by atoms with van der Waals surface area (Å²) in [5.41, 5.74) is -0.394. The molecule has 25 heavy (non-hydrogen) atoms. The highest BCUT2D eigenvalue weighted by Gasteiger charge is 2.28. The van der Waals surface area contributed by atoms with Gasteiger partial charge in [0.1, 0.15) is 0 Å². The first-order valence-electron chi connectivity index (χ1n) is 9.25. The molecule has 0 saturated carbocycles. The molecule has 1 aliphatic heterocycles. The normalized spacial score (nSPS) is 19.4. The number of nitrogens with one attached hydrogen (secondary N) is 1. The molecule has 2 N–H and O–H groups in total. The SMILES string of the molecule is CC(C)CC(CNC(=O)CC(C)(O)c1ccccc1)N1CCOCC1. The third-order valence-electron chi connectivity index (χ3n) is 4.74. The van der Waals surface area contributed by atoms with Crippen LogP contribution in [0.5, 0.6) is 0 Å². The van der Waals surface area contributed by atoms with Gasteiger partial charge >= 0.3 is 0 Å². The maximum absolute atomic E-state index is 12.4. The lowest BCUT2D eigenvalue weighted by atomic mass is 9.92. The van der Waals surface area contributed by atoms with Gasteiger partial charge in [-0.1, -0.05) is 44.2 Å². The summed E-state index contributed by atoms with van der Waals surface area (Å²) >= 11 is 0. The standard InChI is InChI=1S/C20H32N2O3/c1-16(2)13-18(22-9-11-25-12-10-22)15-21-19(23)14-20(3,24)17-7-5-4-6-8-17/h4-8,16,18,24H,9-15H2,1-3H3,(H,21,23). The largest absolute Gasteiger partial charge is 0.385 e. The summed E-state index contributed by atoms with van der Waals surface area (Å²) in [6.45, 7) is 10.0. The first kappa shape index (κ1) is 19.9. The number of ether oxygens (including phenoxy) is 1. The fourth-order valence-electron chi connectivity index (χ4n) is 3.35. The van der Waals surface area contributed by atoms with Crippen molar-refractivity contribution in [3.63, 3.8) is 0 Å². The lowest BCUT2D eigenvalue weighted by Gasteiger charge is -2.35. The molecule has 0 aliphatic carbocycles. The molecule has 0 spiro atoms. The molecule has 2 unspecified atom stereocenters. The van der Waals surface area contributed by atoms with Crippen molar-refractivity contribution in [2.75, 3.05) is 32.8 Å². The molecule has 1 aromatic carbocycles. The van der Waals surface area contributed by atoms with Gasteiger partial charge in [-0.2, -0.15) is 0 Å². The van der Waals surface area contributed by atoms with Gasteiger partial charge in [0.15, 0.2) is 0 Å². The number of rotatable bonds is 8. The van der Waals surface area contributed by atoms with Crippen LogP contribution in [0.3, 0.4) is 0 Å². The van der Waals surface area contributed by atoms with Gasteiger partial charge in [-0.15, -0.1) is 0 Å². The zero-order chi connectivity index (χ0) is 18.3. The van der Waals surface area contributed by atoms with E-state index in [4.69, 9.17) is 4.74 Å². The average Bonchev–Trinajstić information content (AvgIpc) is 2.59. The van der Waals surface area contributed by atoms with Gasteiger partial charge in [0.25, 0.3) is 0 Å². The molecule has 1 fully saturated rings. The molecular weight excluding hydrogens is 316 g/mol. The Balaban J connectivity index is 1.89. The van der Waals surface area contributed by atoms with Crippen molar-refractivity contribution in [1.29, 1.82) is 0 Å². The Kier molecular flexibility index (Phi) is 7.41. The Morgan fingerprint density at radius 1 is 1.28 bits per heavy atom. The van der Waals surface area contributed by atoms with E-state index in [9.17, 15) is 9.90 Å². The molecule has 5 nitrogen and oxygen atoms in total. The summed E-state index contributed by atoms with van der Waals surface area (Å²) in [5, 5.41) is 13.7. The molecule has 1 saturated heterocycles. The lowest BCUT2D eigenvalue weighted by molar-refractivity contribution is -0.126. The molecule has 0 aromatic heterocycles. The first-order chi connectivity index (χ1) is 11.9. The van der Waals surface area contributed by atoms with Crippen molar-refractivity contribution in [2.45, 2.75) is 45.3 Å². The zero-order valence-corrected chi connectivity index (χ0v) is 15.7. The van der Waals surface area contributed by atoms with E-state index in [0.29, 0.717) is 18.5 Å². The van der Waals surface area contributed by atoms with Crippen LogP contribution in [0.25, 0.3) is 0 Å². The molecule has 0 radical (unpaired) electrons. The third-order valence-corrected chi connectivity index (χ3v) is 4.74. The average molecular weight is 348 g/mol. The van der Waals surface area contributed by atoms with E-state index in [0.717, 1.165) is 38.3 Å². The fourth-order valence-corrected chi connectivity index (χ4v) is 3.35. The van der Waals surface area contributed by atoms with E-state index in [-0.39, 0.29) is 12.3 Å². The number of amides is 1. The number of benzene rings is 1. The maximum Gasteiger partial charge on any atom is 0.223 e. The van der Waals surface area contributed by atoms with E-state index in [1.165, 1.54) is 0 Å². The molecule has 140 valence electrons. The van der Waals surface area contributed by atoms with Gasteiger partial charge in [0, 0.05) is 25.7 Å². The van der Waals surface area contributed by atoms with Crippen molar-refractivity contribution in [3.05, 3.63) is 35.9 Å². The minimum Gasteiger partial charge on any atom is -0.385 e. The minimum absolute atomic E-state index is 0.0640. The second-order valence-electron chi connectivity index (χ2n) is 7.55. The second kappa shape index (κ2) is 9.32. The zero-order valence-electron chi connectivity index (χ0n) is 15.7. The Labute approximate surface area is 151 Å². The molecule has 0 bridgehead atoms. The van der Waals surface area contributed by atoms with Crippen molar-refractivity contribution in [3.8, 4) is 0 Å². The summed E-state index contributed by atoms with van der Waals surface area (Å²) in [5.74, 6) is 0.452. The number of hydrogen-bond acceptors (Lipinski definition) is 4. The van der Waals surface area contributed by atoms with Gasteiger partial charge in [0.05, 0.1) is 25.2 Å². The molecule has 1 aliphatic rings. The summed E-state index contributed by atoms with van der Waals surface area (Å²) < 4.78 is 5.43. The Hall–Kier alpha value is -1.43. The molecule has 2 atom stereocenters. The predicted octanol–water partition coefficient (Wildman–Crippen LogP) is 2.15.